The van der Waals surface area contributed by atoms with Gasteiger partial charge in [-0.25, -0.2) is 4.68 Å². The normalized spacial score (nSPS) is 18.6. The van der Waals surface area contributed by atoms with Crippen LogP contribution in [0, 0.1) is 6.92 Å². The molecule has 0 aromatic carbocycles. The number of hydrogen-bond donors (Lipinski definition) is 0. The molecule has 2 aromatic heterocycles. The van der Waals surface area contributed by atoms with Gasteiger partial charge in [0.1, 0.15) is 0 Å². The van der Waals surface area contributed by atoms with Gasteiger partial charge in [-0.15, -0.1) is 0 Å². The first-order valence-electron chi connectivity index (χ1n) is 9.22. The third kappa shape index (κ3) is 3.67. The van der Waals surface area contributed by atoms with E-state index in [-0.39, 0.29) is 5.56 Å². The Morgan fingerprint density at radius 3 is 2.68 bits per heavy atom. The van der Waals surface area contributed by atoms with Crippen LogP contribution >= 0.6 is 0 Å². The molecular formula is C18H26N6O. The molecule has 2 aliphatic heterocycles. The minimum Gasteiger partial charge on any atom is -0.299 e. The fourth-order valence-electron chi connectivity index (χ4n) is 3.82. The van der Waals surface area contributed by atoms with Crippen molar-refractivity contribution in [2.45, 2.75) is 39.4 Å². The van der Waals surface area contributed by atoms with Crippen LogP contribution in [0.2, 0.25) is 0 Å². The number of hydrogen-bond acceptors (Lipinski definition) is 5. The molecule has 1 fully saturated rings. The van der Waals surface area contributed by atoms with Crippen molar-refractivity contribution in [2.75, 3.05) is 32.7 Å². The lowest BCUT2D eigenvalue weighted by Gasteiger charge is -2.34. The summed E-state index contributed by atoms with van der Waals surface area (Å²) in [5.41, 5.74) is 3.71. The van der Waals surface area contributed by atoms with Crippen molar-refractivity contribution in [1.29, 1.82) is 0 Å². The molecule has 0 saturated carbocycles. The summed E-state index contributed by atoms with van der Waals surface area (Å²) in [7, 11) is 0. The van der Waals surface area contributed by atoms with Gasteiger partial charge in [-0.1, -0.05) is 0 Å². The molecule has 0 spiro atoms. The number of piperazine rings is 1. The molecule has 0 radical (unpaired) electrons. The second-order valence-corrected chi connectivity index (χ2v) is 7.10. The smallest absolute Gasteiger partial charge is 0.266 e. The van der Waals surface area contributed by atoms with E-state index in [0.717, 1.165) is 51.5 Å². The molecule has 134 valence electrons. The van der Waals surface area contributed by atoms with Gasteiger partial charge in [0.2, 0.25) is 0 Å². The number of fused-ring (bicyclic) bond motifs is 1. The highest BCUT2D eigenvalue weighted by atomic mass is 16.1. The summed E-state index contributed by atoms with van der Waals surface area (Å²) in [6, 6.07) is 3.37. The Morgan fingerprint density at radius 2 is 1.84 bits per heavy atom. The van der Waals surface area contributed by atoms with Crippen LogP contribution < -0.4 is 5.56 Å². The molecule has 0 N–H and O–H groups in total. The van der Waals surface area contributed by atoms with Gasteiger partial charge in [-0.05, 0) is 25.8 Å². The van der Waals surface area contributed by atoms with Crippen LogP contribution in [-0.2, 0) is 26.1 Å². The Morgan fingerprint density at radius 1 is 1.04 bits per heavy atom. The Bertz CT molecular complexity index is 787. The van der Waals surface area contributed by atoms with Crippen LogP contribution in [0.4, 0.5) is 0 Å². The van der Waals surface area contributed by atoms with Crippen molar-refractivity contribution in [2.24, 2.45) is 0 Å². The van der Waals surface area contributed by atoms with Gasteiger partial charge in [0.05, 0.1) is 18.4 Å². The maximum atomic E-state index is 11.8. The van der Waals surface area contributed by atoms with Gasteiger partial charge in [0, 0.05) is 63.1 Å². The topological polar surface area (TPSA) is 59.2 Å². The largest absolute Gasteiger partial charge is 0.299 e. The predicted octanol–water partition coefficient (Wildman–Crippen LogP) is 0.512. The molecule has 0 atom stereocenters. The van der Waals surface area contributed by atoms with Crippen LogP contribution in [0.1, 0.15) is 23.4 Å². The minimum atomic E-state index is -0.0145. The van der Waals surface area contributed by atoms with Gasteiger partial charge in [0.25, 0.3) is 5.56 Å². The van der Waals surface area contributed by atoms with Crippen molar-refractivity contribution in [3.8, 4) is 0 Å². The first-order chi connectivity index (χ1) is 12.2. The molecule has 25 heavy (non-hydrogen) atoms. The standard InChI is InChI=1S/C18H26N6O/c1-15-4-5-18(25)24(20-15)12-11-21-7-9-22(10-8-21)14-16-13-19-23-6-2-3-17(16)23/h4-5,13H,2-3,6-12,14H2,1H3. The SMILES string of the molecule is Cc1ccc(=O)n(CCN2CCN(Cc3cnn4c3CCC4)CC2)n1. The predicted molar refractivity (Wildman–Crippen MR) is 95.5 cm³/mol. The van der Waals surface area contributed by atoms with Gasteiger partial charge in [0.15, 0.2) is 0 Å². The summed E-state index contributed by atoms with van der Waals surface area (Å²) >= 11 is 0. The molecular weight excluding hydrogens is 316 g/mol. The Kier molecular flexibility index (Phi) is 4.67. The van der Waals surface area contributed by atoms with Crippen LogP contribution in [0.15, 0.2) is 23.1 Å². The van der Waals surface area contributed by atoms with E-state index in [0.29, 0.717) is 6.54 Å². The van der Waals surface area contributed by atoms with Crippen LogP contribution in [0.5, 0.6) is 0 Å². The molecule has 2 aromatic rings. The molecule has 0 bridgehead atoms. The number of aryl methyl sites for hydroxylation is 2. The summed E-state index contributed by atoms with van der Waals surface area (Å²) in [6.45, 7) is 9.79. The number of nitrogens with zero attached hydrogens (tertiary/aromatic N) is 6. The average molecular weight is 342 g/mol. The lowest BCUT2D eigenvalue weighted by atomic mass is 10.1. The van der Waals surface area contributed by atoms with E-state index in [9.17, 15) is 4.79 Å². The van der Waals surface area contributed by atoms with Crippen LogP contribution in [0.3, 0.4) is 0 Å². The van der Waals surface area contributed by atoms with E-state index in [1.165, 1.54) is 24.1 Å². The summed E-state index contributed by atoms with van der Waals surface area (Å²) in [5.74, 6) is 0. The number of rotatable bonds is 5. The van der Waals surface area contributed by atoms with Gasteiger partial charge < -0.3 is 0 Å². The van der Waals surface area contributed by atoms with E-state index >= 15 is 0 Å². The Hall–Kier alpha value is -1.99. The summed E-state index contributed by atoms with van der Waals surface area (Å²) in [6.07, 6.45) is 4.46. The Labute approximate surface area is 147 Å². The van der Waals surface area contributed by atoms with Crippen molar-refractivity contribution >= 4 is 0 Å². The van der Waals surface area contributed by atoms with E-state index < -0.39 is 0 Å². The first-order valence-corrected chi connectivity index (χ1v) is 9.22. The van der Waals surface area contributed by atoms with E-state index in [1.807, 2.05) is 6.92 Å². The van der Waals surface area contributed by atoms with Gasteiger partial charge in [-0.3, -0.25) is 19.3 Å². The molecule has 4 heterocycles. The van der Waals surface area contributed by atoms with E-state index in [2.05, 4.69) is 30.9 Å². The zero-order valence-corrected chi connectivity index (χ0v) is 14.9. The fourth-order valence-corrected chi connectivity index (χ4v) is 3.82. The van der Waals surface area contributed by atoms with E-state index in [4.69, 9.17) is 0 Å². The third-order valence-corrected chi connectivity index (χ3v) is 5.31. The van der Waals surface area contributed by atoms with Crippen molar-refractivity contribution in [3.63, 3.8) is 0 Å². The monoisotopic (exact) mass is 342 g/mol. The summed E-state index contributed by atoms with van der Waals surface area (Å²) in [5, 5.41) is 8.81. The van der Waals surface area contributed by atoms with Crippen molar-refractivity contribution < 1.29 is 0 Å². The van der Waals surface area contributed by atoms with Crippen molar-refractivity contribution in [1.82, 2.24) is 29.4 Å². The maximum absolute atomic E-state index is 11.8. The second kappa shape index (κ2) is 7.09. The molecule has 7 heteroatoms. The zero-order valence-electron chi connectivity index (χ0n) is 14.9. The van der Waals surface area contributed by atoms with Gasteiger partial charge in [-0.2, -0.15) is 10.2 Å². The van der Waals surface area contributed by atoms with Crippen molar-refractivity contribution in [3.05, 3.63) is 45.6 Å². The molecule has 0 aliphatic carbocycles. The first kappa shape index (κ1) is 16.5. The molecule has 4 rings (SSSR count). The summed E-state index contributed by atoms with van der Waals surface area (Å²) < 4.78 is 3.75. The molecule has 0 unspecified atom stereocenters. The van der Waals surface area contributed by atoms with Crippen LogP contribution in [-0.4, -0.2) is 62.1 Å². The second-order valence-electron chi connectivity index (χ2n) is 7.10. The highest BCUT2D eigenvalue weighted by molar-refractivity contribution is 5.20. The average Bonchev–Trinajstić information content (AvgIpc) is 3.22. The lowest BCUT2D eigenvalue weighted by Crippen LogP contribution is -2.47. The quantitative estimate of drug-likeness (QED) is 0.793. The van der Waals surface area contributed by atoms with Gasteiger partial charge >= 0.3 is 0 Å². The van der Waals surface area contributed by atoms with Crippen LogP contribution in [0.25, 0.3) is 0 Å². The highest BCUT2D eigenvalue weighted by Crippen LogP contribution is 2.20. The van der Waals surface area contributed by atoms with E-state index in [1.54, 1.807) is 16.8 Å². The molecule has 2 aliphatic rings. The molecule has 1 saturated heterocycles. The number of aromatic nitrogens is 4. The summed E-state index contributed by atoms with van der Waals surface area (Å²) in [4.78, 5) is 16.8. The lowest BCUT2D eigenvalue weighted by molar-refractivity contribution is 0.122. The molecule has 0 amide bonds. The Balaban J connectivity index is 1.27. The fraction of sp³-hybridized carbons (Fsp3) is 0.611. The minimum absolute atomic E-state index is 0.0145. The third-order valence-electron chi connectivity index (χ3n) is 5.31. The maximum Gasteiger partial charge on any atom is 0.266 e. The molecule has 7 nitrogen and oxygen atoms in total. The zero-order chi connectivity index (χ0) is 17.2. The highest BCUT2D eigenvalue weighted by Gasteiger charge is 2.21.